The monoisotopic (exact) mass is 296 g/mol. The zero-order valence-electron chi connectivity index (χ0n) is 11.5. The molecule has 1 amide bonds. The normalized spacial score (nSPS) is 17.9. The first-order valence-electron chi connectivity index (χ1n) is 6.81. The summed E-state index contributed by atoms with van der Waals surface area (Å²) in [5.74, 6) is 0.215. The maximum absolute atomic E-state index is 12.0. The van der Waals surface area contributed by atoms with Crippen LogP contribution in [0.15, 0.2) is 29.2 Å². The van der Waals surface area contributed by atoms with Gasteiger partial charge in [0.15, 0.2) is 0 Å². The van der Waals surface area contributed by atoms with E-state index in [0.29, 0.717) is 0 Å². The molecule has 1 aliphatic rings. The second-order valence-corrected chi connectivity index (χ2v) is 6.89. The van der Waals surface area contributed by atoms with Gasteiger partial charge in [0.25, 0.3) is 0 Å². The molecule has 0 aromatic heterocycles. The number of amides is 1. The van der Waals surface area contributed by atoms with Crippen LogP contribution in [-0.4, -0.2) is 14.3 Å². The third-order valence-electron chi connectivity index (χ3n) is 3.79. The molecule has 0 bridgehead atoms. The Morgan fingerprint density at radius 1 is 1.25 bits per heavy atom. The van der Waals surface area contributed by atoms with Crippen LogP contribution in [0.4, 0.5) is 0 Å². The van der Waals surface area contributed by atoms with Crippen LogP contribution < -0.4 is 10.5 Å². The van der Waals surface area contributed by atoms with Crippen molar-refractivity contribution in [2.24, 2.45) is 11.1 Å². The second-order valence-electron chi connectivity index (χ2n) is 5.33. The number of carbonyl (C=O) groups is 1. The Kier molecular flexibility index (Phi) is 4.45. The zero-order chi connectivity index (χ0) is 14.8. The van der Waals surface area contributed by atoms with Crippen molar-refractivity contribution in [3.63, 3.8) is 0 Å². The Morgan fingerprint density at radius 2 is 1.80 bits per heavy atom. The van der Waals surface area contributed by atoms with E-state index in [1.165, 1.54) is 12.1 Å². The van der Waals surface area contributed by atoms with Crippen molar-refractivity contribution < 1.29 is 13.2 Å². The Morgan fingerprint density at radius 3 is 2.30 bits per heavy atom. The molecule has 20 heavy (non-hydrogen) atoms. The summed E-state index contributed by atoms with van der Waals surface area (Å²) in [6, 6.07) is 6.14. The molecule has 0 heterocycles. The average molecular weight is 296 g/mol. The lowest BCUT2D eigenvalue weighted by molar-refractivity contribution is -0.125. The molecule has 1 aliphatic carbocycles. The highest BCUT2D eigenvalue weighted by atomic mass is 32.2. The summed E-state index contributed by atoms with van der Waals surface area (Å²) in [4.78, 5) is 12.1. The summed E-state index contributed by atoms with van der Waals surface area (Å²) in [7, 11) is -3.67. The van der Waals surface area contributed by atoms with E-state index in [1.807, 2.05) is 6.92 Å². The lowest BCUT2D eigenvalue weighted by Crippen LogP contribution is -2.31. The van der Waals surface area contributed by atoms with E-state index in [-0.39, 0.29) is 22.8 Å². The summed E-state index contributed by atoms with van der Waals surface area (Å²) in [6.45, 7) is 1.89. The van der Waals surface area contributed by atoms with Gasteiger partial charge in [-0.05, 0) is 37.5 Å². The van der Waals surface area contributed by atoms with E-state index >= 15 is 0 Å². The molecular formula is C14H20N2O3S. The Balaban J connectivity index is 2.02. The molecule has 1 aromatic carbocycles. The molecule has 110 valence electrons. The Bertz CT molecular complexity index is 575. The molecule has 1 atom stereocenters. The van der Waals surface area contributed by atoms with Crippen LogP contribution in [0.1, 0.15) is 44.2 Å². The minimum Gasteiger partial charge on any atom is -0.349 e. The van der Waals surface area contributed by atoms with Crippen molar-refractivity contribution in [2.75, 3.05) is 0 Å². The second kappa shape index (κ2) is 5.93. The van der Waals surface area contributed by atoms with Gasteiger partial charge < -0.3 is 5.32 Å². The highest BCUT2D eigenvalue weighted by Gasteiger charge is 2.23. The largest absolute Gasteiger partial charge is 0.349 e. The van der Waals surface area contributed by atoms with Crippen LogP contribution >= 0.6 is 0 Å². The predicted octanol–water partition coefficient (Wildman–Crippen LogP) is 1.70. The van der Waals surface area contributed by atoms with Crippen LogP contribution in [0.5, 0.6) is 0 Å². The molecule has 2 rings (SSSR count). The SMILES string of the molecule is C[C@H](NC(=O)C1CCCC1)c1ccc(S(N)(=O)=O)cc1. The number of nitrogens with two attached hydrogens (primary N) is 1. The quantitative estimate of drug-likeness (QED) is 0.886. The number of hydrogen-bond acceptors (Lipinski definition) is 3. The average Bonchev–Trinajstić information content (AvgIpc) is 2.91. The van der Waals surface area contributed by atoms with Gasteiger partial charge in [0.2, 0.25) is 15.9 Å². The van der Waals surface area contributed by atoms with E-state index < -0.39 is 10.0 Å². The highest BCUT2D eigenvalue weighted by molar-refractivity contribution is 7.89. The zero-order valence-corrected chi connectivity index (χ0v) is 12.3. The lowest BCUT2D eigenvalue weighted by Gasteiger charge is -2.17. The van der Waals surface area contributed by atoms with Crippen LogP contribution in [-0.2, 0) is 14.8 Å². The summed E-state index contributed by atoms with van der Waals surface area (Å²) in [5.41, 5.74) is 0.865. The number of nitrogens with one attached hydrogen (secondary N) is 1. The van der Waals surface area contributed by atoms with Crippen LogP contribution in [0.3, 0.4) is 0 Å². The first kappa shape index (κ1) is 15.0. The molecule has 1 aromatic rings. The number of rotatable bonds is 4. The van der Waals surface area contributed by atoms with Crippen molar-refractivity contribution in [3.8, 4) is 0 Å². The first-order chi connectivity index (χ1) is 9.38. The van der Waals surface area contributed by atoms with Crippen LogP contribution in [0.25, 0.3) is 0 Å². The molecule has 0 radical (unpaired) electrons. The fourth-order valence-electron chi connectivity index (χ4n) is 2.55. The molecule has 3 N–H and O–H groups in total. The predicted molar refractivity (Wildman–Crippen MR) is 76.3 cm³/mol. The minimum atomic E-state index is -3.67. The molecule has 0 spiro atoms. The minimum absolute atomic E-state index is 0.0792. The van der Waals surface area contributed by atoms with Gasteiger partial charge in [-0.1, -0.05) is 25.0 Å². The molecule has 5 nitrogen and oxygen atoms in total. The number of primary sulfonamides is 1. The molecule has 6 heteroatoms. The standard InChI is InChI=1S/C14H20N2O3S/c1-10(16-14(17)12-4-2-3-5-12)11-6-8-13(9-7-11)20(15,18)19/h6-10,12H,2-5H2,1H3,(H,16,17)(H2,15,18,19)/t10-/m0/s1. The summed E-state index contributed by atoms with van der Waals surface area (Å²) in [5, 5.41) is 8.03. The van der Waals surface area contributed by atoms with Crippen molar-refractivity contribution in [3.05, 3.63) is 29.8 Å². The Hall–Kier alpha value is -1.40. The van der Waals surface area contributed by atoms with E-state index in [9.17, 15) is 13.2 Å². The number of hydrogen-bond donors (Lipinski definition) is 2. The van der Waals surface area contributed by atoms with E-state index in [1.54, 1.807) is 12.1 Å². The van der Waals surface area contributed by atoms with Gasteiger partial charge in [0.1, 0.15) is 0 Å². The highest BCUT2D eigenvalue weighted by Crippen LogP contribution is 2.25. The lowest BCUT2D eigenvalue weighted by atomic mass is 10.0. The fraction of sp³-hybridized carbons (Fsp3) is 0.500. The van der Waals surface area contributed by atoms with Gasteiger partial charge in [-0.2, -0.15) is 0 Å². The fourth-order valence-corrected chi connectivity index (χ4v) is 3.06. The van der Waals surface area contributed by atoms with Crippen LogP contribution in [0, 0.1) is 5.92 Å². The smallest absolute Gasteiger partial charge is 0.238 e. The van der Waals surface area contributed by atoms with Gasteiger partial charge in [0.05, 0.1) is 10.9 Å². The number of sulfonamides is 1. The van der Waals surface area contributed by atoms with Gasteiger partial charge >= 0.3 is 0 Å². The summed E-state index contributed by atoms with van der Waals surface area (Å²) >= 11 is 0. The van der Waals surface area contributed by atoms with Crippen molar-refractivity contribution in [1.82, 2.24) is 5.32 Å². The maximum atomic E-state index is 12.0. The maximum Gasteiger partial charge on any atom is 0.238 e. The molecule has 1 fully saturated rings. The van der Waals surface area contributed by atoms with Crippen molar-refractivity contribution in [2.45, 2.75) is 43.5 Å². The van der Waals surface area contributed by atoms with Crippen molar-refractivity contribution in [1.29, 1.82) is 0 Å². The summed E-state index contributed by atoms with van der Waals surface area (Å²) in [6.07, 6.45) is 4.16. The van der Waals surface area contributed by atoms with Gasteiger partial charge in [-0.25, -0.2) is 13.6 Å². The Labute approximate surface area is 119 Å². The van der Waals surface area contributed by atoms with E-state index in [0.717, 1.165) is 31.2 Å². The third-order valence-corrected chi connectivity index (χ3v) is 4.72. The van der Waals surface area contributed by atoms with Gasteiger partial charge in [-0.3, -0.25) is 4.79 Å². The topological polar surface area (TPSA) is 89.3 Å². The van der Waals surface area contributed by atoms with E-state index in [4.69, 9.17) is 5.14 Å². The van der Waals surface area contributed by atoms with Crippen LogP contribution in [0.2, 0.25) is 0 Å². The number of carbonyl (C=O) groups excluding carboxylic acids is 1. The first-order valence-corrected chi connectivity index (χ1v) is 8.35. The number of benzene rings is 1. The third kappa shape index (κ3) is 3.58. The molecule has 1 saturated carbocycles. The molecule has 0 aliphatic heterocycles. The molecule has 0 saturated heterocycles. The van der Waals surface area contributed by atoms with Gasteiger partial charge in [0, 0.05) is 5.92 Å². The molecular weight excluding hydrogens is 276 g/mol. The van der Waals surface area contributed by atoms with Crippen molar-refractivity contribution >= 4 is 15.9 Å². The van der Waals surface area contributed by atoms with Gasteiger partial charge in [-0.15, -0.1) is 0 Å². The van der Waals surface area contributed by atoms with E-state index in [2.05, 4.69) is 5.32 Å². The summed E-state index contributed by atoms with van der Waals surface area (Å²) < 4.78 is 22.3. The molecule has 0 unspecified atom stereocenters.